The van der Waals surface area contributed by atoms with Gasteiger partial charge in [0, 0.05) is 26.7 Å². The van der Waals surface area contributed by atoms with Crippen molar-refractivity contribution in [3.05, 3.63) is 0 Å². The number of amides is 2. The first-order valence-electron chi connectivity index (χ1n) is 8.55. The van der Waals surface area contributed by atoms with Gasteiger partial charge in [0.1, 0.15) is 0 Å². The maximum absolute atomic E-state index is 12.8. The molecule has 0 saturated carbocycles. The van der Waals surface area contributed by atoms with Gasteiger partial charge in [0.15, 0.2) is 0 Å². The minimum absolute atomic E-state index is 0.0830. The van der Waals surface area contributed by atoms with Crippen LogP contribution in [0.25, 0.3) is 0 Å². The van der Waals surface area contributed by atoms with E-state index >= 15 is 0 Å². The molecule has 0 aromatic carbocycles. The highest BCUT2D eigenvalue weighted by molar-refractivity contribution is 5.82. The number of carbonyl (C=O) groups is 2. The Morgan fingerprint density at radius 2 is 1.65 bits per heavy atom. The van der Waals surface area contributed by atoms with Gasteiger partial charge in [-0.1, -0.05) is 34.6 Å². The summed E-state index contributed by atoms with van der Waals surface area (Å²) in [7, 11) is 3.58. The standard InChI is InChI=1S/C17H36N4O2/c1-8-21(9-2)11-10-20(7)16(23)14(17(3,4)5)12-19-15(22)13-18-6/h14,18H,8-13H2,1-7H3,(H,19,22)/t14-/m1/s1. The van der Waals surface area contributed by atoms with Crippen LogP contribution in [-0.2, 0) is 9.59 Å². The van der Waals surface area contributed by atoms with Gasteiger partial charge in [0.2, 0.25) is 11.8 Å². The third-order valence-corrected chi connectivity index (χ3v) is 4.21. The Kier molecular flexibility index (Phi) is 10.1. The van der Waals surface area contributed by atoms with Crippen molar-refractivity contribution in [2.45, 2.75) is 34.6 Å². The minimum atomic E-state index is -0.231. The third kappa shape index (κ3) is 8.32. The summed E-state index contributed by atoms with van der Waals surface area (Å²) in [5.74, 6) is -0.222. The zero-order chi connectivity index (χ0) is 18.0. The summed E-state index contributed by atoms with van der Waals surface area (Å²) in [6.07, 6.45) is 0. The molecular weight excluding hydrogens is 292 g/mol. The Morgan fingerprint density at radius 3 is 2.09 bits per heavy atom. The topological polar surface area (TPSA) is 64.7 Å². The van der Waals surface area contributed by atoms with Gasteiger partial charge in [-0.05, 0) is 25.6 Å². The fourth-order valence-corrected chi connectivity index (χ4v) is 2.41. The molecule has 0 bridgehead atoms. The number of likely N-dealkylation sites (N-methyl/N-ethyl adjacent to an activating group) is 3. The molecule has 0 aliphatic carbocycles. The van der Waals surface area contributed by atoms with Gasteiger partial charge < -0.3 is 20.4 Å². The molecule has 0 aromatic heterocycles. The van der Waals surface area contributed by atoms with Gasteiger partial charge in [-0.2, -0.15) is 0 Å². The zero-order valence-corrected chi connectivity index (χ0v) is 16.0. The fourth-order valence-electron chi connectivity index (χ4n) is 2.41. The van der Waals surface area contributed by atoms with Crippen LogP contribution in [0.4, 0.5) is 0 Å². The number of hydrogen-bond acceptors (Lipinski definition) is 4. The Bertz CT molecular complexity index is 362. The van der Waals surface area contributed by atoms with E-state index in [0.717, 1.165) is 19.6 Å². The van der Waals surface area contributed by atoms with E-state index in [2.05, 4.69) is 29.4 Å². The normalized spacial score (nSPS) is 13.0. The Hall–Kier alpha value is -1.14. The molecule has 0 aliphatic rings. The first-order valence-corrected chi connectivity index (χ1v) is 8.55. The molecular formula is C17H36N4O2. The van der Waals surface area contributed by atoms with Crippen LogP contribution in [0.5, 0.6) is 0 Å². The summed E-state index contributed by atoms with van der Waals surface area (Å²) < 4.78 is 0. The molecule has 0 radical (unpaired) electrons. The molecule has 0 fully saturated rings. The number of carbonyl (C=O) groups excluding carboxylic acids is 2. The maximum Gasteiger partial charge on any atom is 0.233 e. The monoisotopic (exact) mass is 328 g/mol. The number of rotatable bonds is 10. The molecule has 0 rings (SSSR count). The largest absolute Gasteiger partial charge is 0.354 e. The Balaban J connectivity index is 4.71. The average Bonchev–Trinajstić information content (AvgIpc) is 2.46. The van der Waals surface area contributed by atoms with Gasteiger partial charge >= 0.3 is 0 Å². The summed E-state index contributed by atoms with van der Waals surface area (Å²) in [4.78, 5) is 28.5. The molecule has 6 nitrogen and oxygen atoms in total. The molecule has 0 aliphatic heterocycles. The SMILES string of the molecule is CCN(CC)CCN(C)C(=O)[C@@H](CNC(=O)CNC)C(C)(C)C. The number of nitrogens with zero attached hydrogens (tertiary/aromatic N) is 2. The summed E-state index contributed by atoms with van der Waals surface area (Å²) >= 11 is 0. The van der Waals surface area contributed by atoms with Crippen LogP contribution in [0.2, 0.25) is 0 Å². The average molecular weight is 329 g/mol. The van der Waals surface area contributed by atoms with Gasteiger partial charge in [0.25, 0.3) is 0 Å². The molecule has 2 amide bonds. The summed E-state index contributed by atoms with van der Waals surface area (Å²) in [6.45, 7) is 14.6. The minimum Gasteiger partial charge on any atom is -0.354 e. The quantitative estimate of drug-likeness (QED) is 0.622. The highest BCUT2D eigenvalue weighted by atomic mass is 16.2. The van der Waals surface area contributed by atoms with E-state index in [4.69, 9.17) is 0 Å². The van der Waals surface area contributed by atoms with Crippen molar-refractivity contribution >= 4 is 11.8 Å². The summed E-state index contributed by atoms with van der Waals surface area (Å²) in [5, 5.41) is 5.67. The van der Waals surface area contributed by atoms with E-state index in [0.29, 0.717) is 13.1 Å². The predicted octanol–water partition coefficient (Wildman–Crippen LogP) is 0.785. The van der Waals surface area contributed by atoms with E-state index in [-0.39, 0.29) is 29.7 Å². The van der Waals surface area contributed by atoms with Crippen molar-refractivity contribution in [1.29, 1.82) is 0 Å². The van der Waals surface area contributed by atoms with Crippen molar-refractivity contribution < 1.29 is 9.59 Å². The third-order valence-electron chi connectivity index (χ3n) is 4.21. The smallest absolute Gasteiger partial charge is 0.233 e. The number of nitrogens with one attached hydrogen (secondary N) is 2. The predicted molar refractivity (Wildman–Crippen MR) is 95.3 cm³/mol. The molecule has 2 N–H and O–H groups in total. The van der Waals surface area contributed by atoms with Gasteiger partial charge in [-0.3, -0.25) is 9.59 Å². The highest BCUT2D eigenvalue weighted by Crippen LogP contribution is 2.27. The van der Waals surface area contributed by atoms with E-state index in [1.807, 2.05) is 27.8 Å². The molecule has 0 spiro atoms. The van der Waals surface area contributed by atoms with Gasteiger partial charge in [0.05, 0.1) is 12.5 Å². The van der Waals surface area contributed by atoms with Crippen molar-refractivity contribution in [3.8, 4) is 0 Å². The Labute approximate surface area is 142 Å². The van der Waals surface area contributed by atoms with Crippen LogP contribution in [0.1, 0.15) is 34.6 Å². The molecule has 6 heteroatoms. The fraction of sp³-hybridized carbons (Fsp3) is 0.882. The zero-order valence-electron chi connectivity index (χ0n) is 16.0. The van der Waals surface area contributed by atoms with E-state index in [1.165, 1.54) is 0 Å². The van der Waals surface area contributed by atoms with Crippen molar-refractivity contribution in [2.75, 3.05) is 53.4 Å². The van der Waals surface area contributed by atoms with E-state index < -0.39 is 0 Å². The second-order valence-corrected chi connectivity index (χ2v) is 7.04. The van der Waals surface area contributed by atoms with Gasteiger partial charge in [-0.15, -0.1) is 0 Å². The first-order chi connectivity index (χ1) is 10.7. The van der Waals surface area contributed by atoms with E-state index in [9.17, 15) is 9.59 Å². The van der Waals surface area contributed by atoms with Crippen LogP contribution in [0.15, 0.2) is 0 Å². The van der Waals surface area contributed by atoms with Gasteiger partial charge in [-0.25, -0.2) is 0 Å². The molecule has 23 heavy (non-hydrogen) atoms. The second-order valence-electron chi connectivity index (χ2n) is 7.04. The lowest BCUT2D eigenvalue weighted by Gasteiger charge is -2.34. The van der Waals surface area contributed by atoms with Crippen LogP contribution in [0.3, 0.4) is 0 Å². The molecule has 0 aromatic rings. The Morgan fingerprint density at radius 1 is 1.09 bits per heavy atom. The number of hydrogen-bond donors (Lipinski definition) is 2. The lowest BCUT2D eigenvalue weighted by Crippen LogP contribution is -2.48. The van der Waals surface area contributed by atoms with Crippen LogP contribution < -0.4 is 10.6 Å². The molecule has 0 heterocycles. The second kappa shape index (κ2) is 10.6. The van der Waals surface area contributed by atoms with Crippen molar-refractivity contribution in [3.63, 3.8) is 0 Å². The van der Waals surface area contributed by atoms with Crippen molar-refractivity contribution in [1.82, 2.24) is 20.4 Å². The molecule has 136 valence electrons. The lowest BCUT2D eigenvalue weighted by atomic mass is 9.79. The van der Waals surface area contributed by atoms with Crippen LogP contribution >= 0.6 is 0 Å². The first kappa shape index (κ1) is 21.9. The van der Waals surface area contributed by atoms with Crippen molar-refractivity contribution in [2.24, 2.45) is 11.3 Å². The molecule has 1 atom stereocenters. The highest BCUT2D eigenvalue weighted by Gasteiger charge is 2.33. The van der Waals surface area contributed by atoms with Crippen LogP contribution in [-0.4, -0.2) is 75.0 Å². The summed E-state index contributed by atoms with van der Waals surface area (Å²) in [5.41, 5.74) is -0.201. The maximum atomic E-state index is 12.8. The molecule has 0 unspecified atom stereocenters. The lowest BCUT2D eigenvalue weighted by molar-refractivity contribution is -0.138. The summed E-state index contributed by atoms with van der Waals surface area (Å²) in [6, 6.07) is 0. The molecule has 0 saturated heterocycles. The van der Waals surface area contributed by atoms with Crippen LogP contribution in [0, 0.1) is 11.3 Å². The van der Waals surface area contributed by atoms with E-state index in [1.54, 1.807) is 11.9 Å².